The zero-order valence-corrected chi connectivity index (χ0v) is 17.9. The van der Waals surface area contributed by atoms with Crippen molar-refractivity contribution >= 4 is 29.1 Å². The highest BCUT2D eigenvalue weighted by molar-refractivity contribution is 6.32. The van der Waals surface area contributed by atoms with E-state index >= 15 is 0 Å². The lowest BCUT2D eigenvalue weighted by Crippen LogP contribution is -2.41. The Morgan fingerprint density at radius 1 is 1.07 bits per heavy atom. The molecule has 0 aromatic heterocycles. The van der Waals surface area contributed by atoms with Crippen molar-refractivity contribution in [1.82, 2.24) is 5.32 Å². The molecule has 0 saturated heterocycles. The molecule has 2 amide bonds. The van der Waals surface area contributed by atoms with Crippen molar-refractivity contribution in [1.29, 1.82) is 0 Å². The standard InChI is InChI=1S/C22H27ClN2O3/c1-13-11-16(12-14(2)19(13)23)28-15(3)20(26)24-18-10-8-7-9-17(18)21(27)25-22(4,5)6/h7-12,15H,1-6H3,(H,24,26)(H,25,27)/t15-/m0/s1. The fourth-order valence-corrected chi connectivity index (χ4v) is 2.77. The molecule has 2 aromatic carbocycles. The number of nitrogens with one attached hydrogen (secondary N) is 2. The molecular weight excluding hydrogens is 376 g/mol. The normalized spacial score (nSPS) is 12.2. The number of hydrogen-bond donors (Lipinski definition) is 2. The number of carbonyl (C=O) groups excluding carboxylic acids is 2. The molecule has 1 atom stereocenters. The Bertz CT molecular complexity index is 865. The Morgan fingerprint density at radius 2 is 1.64 bits per heavy atom. The molecule has 0 radical (unpaired) electrons. The number of benzene rings is 2. The van der Waals surface area contributed by atoms with E-state index < -0.39 is 6.10 Å². The fourth-order valence-electron chi connectivity index (χ4n) is 2.66. The molecule has 2 aromatic rings. The maximum atomic E-state index is 12.6. The highest BCUT2D eigenvalue weighted by atomic mass is 35.5. The Hall–Kier alpha value is -2.53. The molecule has 0 bridgehead atoms. The van der Waals surface area contributed by atoms with Crippen LogP contribution in [0.5, 0.6) is 5.75 Å². The number of amides is 2. The average molecular weight is 403 g/mol. The second-order valence-electron chi connectivity index (χ2n) is 7.87. The van der Waals surface area contributed by atoms with E-state index in [1.165, 1.54) is 0 Å². The van der Waals surface area contributed by atoms with E-state index in [2.05, 4.69) is 10.6 Å². The lowest BCUT2D eigenvalue weighted by molar-refractivity contribution is -0.122. The summed E-state index contributed by atoms with van der Waals surface area (Å²) in [5.74, 6) is -0.0250. The van der Waals surface area contributed by atoms with E-state index in [4.69, 9.17) is 16.3 Å². The van der Waals surface area contributed by atoms with Gasteiger partial charge in [-0.2, -0.15) is 0 Å². The highest BCUT2D eigenvalue weighted by Gasteiger charge is 2.21. The minimum absolute atomic E-state index is 0.249. The summed E-state index contributed by atoms with van der Waals surface area (Å²) in [6.07, 6.45) is -0.751. The molecule has 0 aliphatic carbocycles. The monoisotopic (exact) mass is 402 g/mol. The van der Waals surface area contributed by atoms with E-state index in [-0.39, 0.29) is 17.4 Å². The Morgan fingerprint density at radius 3 is 2.21 bits per heavy atom. The van der Waals surface area contributed by atoms with Crippen molar-refractivity contribution in [2.75, 3.05) is 5.32 Å². The van der Waals surface area contributed by atoms with Gasteiger partial charge in [0.1, 0.15) is 5.75 Å². The summed E-state index contributed by atoms with van der Waals surface area (Å²) in [5, 5.41) is 6.37. The van der Waals surface area contributed by atoms with Crippen molar-refractivity contribution in [3.63, 3.8) is 0 Å². The molecule has 0 unspecified atom stereocenters. The molecule has 0 spiro atoms. The first-order valence-electron chi connectivity index (χ1n) is 9.14. The third kappa shape index (κ3) is 5.73. The van der Waals surface area contributed by atoms with Gasteiger partial charge < -0.3 is 15.4 Å². The lowest BCUT2D eigenvalue weighted by atomic mass is 10.1. The summed E-state index contributed by atoms with van der Waals surface area (Å²) < 4.78 is 5.77. The van der Waals surface area contributed by atoms with Crippen LogP contribution in [0.3, 0.4) is 0 Å². The van der Waals surface area contributed by atoms with Crippen molar-refractivity contribution in [2.45, 2.75) is 53.2 Å². The lowest BCUT2D eigenvalue weighted by Gasteiger charge is -2.22. The van der Waals surface area contributed by atoms with Gasteiger partial charge in [0, 0.05) is 10.6 Å². The molecule has 6 heteroatoms. The quantitative estimate of drug-likeness (QED) is 0.748. The number of aryl methyl sites for hydroxylation is 2. The average Bonchev–Trinajstić information content (AvgIpc) is 2.58. The van der Waals surface area contributed by atoms with Gasteiger partial charge in [-0.05, 0) is 76.9 Å². The maximum absolute atomic E-state index is 12.6. The van der Waals surface area contributed by atoms with Crippen molar-refractivity contribution in [2.24, 2.45) is 0 Å². The van der Waals surface area contributed by atoms with E-state index in [1.54, 1.807) is 43.3 Å². The number of anilines is 1. The van der Waals surface area contributed by atoms with Gasteiger partial charge in [0.25, 0.3) is 11.8 Å². The van der Waals surface area contributed by atoms with Crippen LogP contribution in [0.15, 0.2) is 36.4 Å². The van der Waals surface area contributed by atoms with E-state index in [1.807, 2.05) is 34.6 Å². The van der Waals surface area contributed by atoms with Crippen LogP contribution >= 0.6 is 11.6 Å². The molecule has 0 heterocycles. The van der Waals surface area contributed by atoms with Crippen LogP contribution < -0.4 is 15.4 Å². The van der Waals surface area contributed by atoms with Crippen LogP contribution in [0.2, 0.25) is 5.02 Å². The van der Waals surface area contributed by atoms with Crippen molar-refractivity contribution in [3.05, 3.63) is 58.1 Å². The summed E-state index contributed by atoms with van der Waals surface area (Å²) >= 11 is 6.18. The van der Waals surface area contributed by atoms with Gasteiger partial charge in [-0.1, -0.05) is 23.7 Å². The van der Waals surface area contributed by atoms with Crippen LogP contribution in [-0.2, 0) is 4.79 Å². The minimum atomic E-state index is -0.751. The highest BCUT2D eigenvalue weighted by Crippen LogP contribution is 2.26. The molecule has 5 nitrogen and oxygen atoms in total. The van der Waals surface area contributed by atoms with Gasteiger partial charge >= 0.3 is 0 Å². The minimum Gasteiger partial charge on any atom is -0.481 e. The number of carbonyl (C=O) groups is 2. The molecule has 2 rings (SSSR count). The molecule has 0 aliphatic heterocycles. The molecule has 0 aliphatic rings. The number of halogens is 1. The topological polar surface area (TPSA) is 67.4 Å². The van der Waals surface area contributed by atoms with Crippen LogP contribution in [0.4, 0.5) is 5.69 Å². The first kappa shape index (κ1) is 21.8. The van der Waals surface area contributed by atoms with Gasteiger partial charge in [0.2, 0.25) is 0 Å². The third-order valence-electron chi connectivity index (χ3n) is 4.01. The molecular formula is C22H27ClN2O3. The SMILES string of the molecule is Cc1cc(O[C@@H](C)C(=O)Nc2ccccc2C(=O)NC(C)(C)C)cc(C)c1Cl. The largest absolute Gasteiger partial charge is 0.481 e. The van der Waals surface area contributed by atoms with Crippen molar-refractivity contribution < 1.29 is 14.3 Å². The zero-order chi connectivity index (χ0) is 21.1. The van der Waals surface area contributed by atoms with E-state index in [0.717, 1.165) is 11.1 Å². The van der Waals surface area contributed by atoms with Gasteiger partial charge in [0.05, 0.1) is 11.3 Å². The van der Waals surface area contributed by atoms with Crippen LogP contribution in [-0.4, -0.2) is 23.5 Å². The number of hydrogen-bond acceptors (Lipinski definition) is 3. The van der Waals surface area contributed by atoms with Gasteiger partial charge in [-0.25, -0.2) is 0 Å². The smallest absolute Gasteiger partial charge is 0.265 e. The van der Waals surface area contributed by atoms with Gasteiger partial charge in [-0.15, -0.1) is 0 Å². The zero-order valence-electron chi connectivity index (χ0n) is 17.1. The first-order valence-corrected chi connectivity index (χ1v) is 9.51. The van der Waals surface area contributed by atoms with Crippen LogP contribution in [0.25, 0.3) is 0 Å². The molecule has 0 saturated carbocycles. The van der Waals surface area contributed by atoms with Crippen LogP contribution in [0.1, 0.15) is 49.2 Å². The van der Waals surface area contributed by atoms with Gasteiger partial charge in [0.15, 0.2) is 6.10 Å². The number of para-hydroxylation sites is 1. The molecule has 0 fully saturated rings. The summed E-state index contributed by atoms with van der Waals surface area (Å²) in [7, 11) is 0. The molecule has 2 N–H and O–H groups in total. The number of ether oxygens (including phenoxy) is 1. The first-order chi connectivity index (χ1) is 13.0. The van der Waals surface area contributed by atoms with E-state index in [0.29, 0.717) is 22.0 Å². The Labute approximate surface area is 171 Å². The Balaban J connectivity index is 2.13. The summed E-state index contributed by atoms with van der Waals surface area (Å²) in [4.78, 5) is 25.1. The summed E-state index contributed by atoms with van der Waals surface area (Å²) in [6.45, 7) is 11.1. The summed E-state index contributed by atoms with van der Waals surface area (Å²) in [6, 6.07) is 10.5. The number of rotatable bonds is 5. The predicted molar refractivity (Wildman–Crippen MR) is 113 cm³/mol. The third-order valence-corrected chi connectivity index (χ3v) is 4.61. The summed E-state index contributed by atoms with van der Waals surface area (Å²) in [5.41, 5.74) is 2.22. The Kier molecular flexibility index (Phi) is 6.73. The van der Waals surface area contributed by atoms with Crippen LogP contribution in [0, 0.1) is 13.8 Å². The van der Waals surface area contributed by atoms with E-state index in [9.17, 15) is 9.59 Å². The molecule has 28 heavy (non-hydrogen) atoms. The molecule has 150 valence electrons. The van der Waals surface area contributed by atoms with Gasteiger partial charge in [-0.3, -0.25) is 9.59 Å². The second-order valence-corrected chi connectivity index (χ2v) is 8.25. The second kappa shape index (κ2) is 8.65. The maximum Gasteiger partial charge on any atom is 0.265 e. The van der Waals surface area contributed by atoms with Crippen molar-refractivity contribution in [3.8, 4) is 5.75 Å². The predicted octanol–water partition coefficient (Wildman–Crippen LogP) is 4.89. The fraction of sp³-hybridized carbons (Fsp3) is 0.364.